The fraction of sp³-hybridized carbons (Fsp3) is 0.188. The number of hydrogen-bond acceptors (Lipinski definition) is 7. The molecule has 8 heteroatoms. The van der Waals surface area contributed by atoms with Crippen LogP contribution in [-0.2, 0) is 0 Å². The molecule has 0 fully saturated rings. The van der Waals surface area contributed by atoms with Gasteiger partial charge in [0.15, 0.2) is 5.69 Å². The molecule has 1 aliphatic rings. The first kappa shape index (κ1) is 15.6. The van der Waals surface area contributed by atoms with Gasteiger partial charge in [0, 0.05) is 18.0 Å². The van der Waals surface area contributed by atoms with Gasteiger partial charge in [-0.3, -0.25) is 4.79 Å². The van der Waals surface area contributed by atoms with Crippen LogP contribution in [0.25, 0.3) is 0 Å². The minimum absolute atomic E-state index is 0.154. The van der Waals surface area contributed by atoms with Crippen molar-refractivity contribution in [3.8, 4) is 0 Å². The summed E-state index contributed by atoms with van der Waals surface area (Å²) in [5.74, 6) is 1.27. The predicted octanol–water partition coefficient (Wildman–Crippen LogP) is 2.22. The van der Waals surface area contributed by atoms with Crippen molar-refractivity contribution >= 4 is 28.9 Å². The standard InChI is InChI=1S/C16H17N7O/c1-10-4-2-6-12(21-10)23-14-8-13(19-9-20-14)22-11-5-3-7-18-15(11)16(17)24/h3,5-9H,2,4H2,1H3,(H2,17,24)(H2,19,20,22,23). The molecular weight excluding hydrogens is 306 g/mol. The SMILES string of the molecule is CC1=NC(Nc2cc(Nc3cccnc3C(N)=O)ncn2)=CCC1. The normalized spacial score (nSPS) is 13.7. The molecule has 3 heterocycles. The lowest BCUT2D eigenvalue weighted by Gasteiger charge is -2.13. The van der Waals surface area contributed by atoms with Crippen molar-refractivity contribution in [2.24, 2.45) is 10.7 Å². The first-order valence-corrected chi connectivity index (χ1v) is 7.47. The zero-order chi connectivity index (χ0) is 16.9. The lowest BCUT2D eigenvalue weighted by molar-refractivity contribution is 0.0996. The van der Waals surface area contributed by atoms with E-state index in [2.05, 4.69) is 30.6 Å². The first-order chi connectivity index (χ1) is 11.6. The Kier molecular flexibility index (Phi) is 4.46. The third-order valence-corrected chi connectivity index (χ3v) is 3.38. The Morgan fingerprint density at radius 2 is 2.00 bits per heavy atom. The summed E-state index contributed by atoms with van der Waals surface area (Å²) in [6.45, 7) is 2.00. The van der Waals surface area contributed by atoms with Crippen LogP contribution in [0.1, 0.15) is 30.3 Å². The molecule has 0 bridgehead atoms. The Hall–Kier alpha value is -3.29. The smallest absolute Gasteiger partial charge is 0.269 e. The number of nitrogens with one attached hydrogen (secondary N) is 2. The largest absolute Gasteiger partial charge is 0.364 e. The highest BCUT2D eigenvalue weighted by Gasteiger charge is 2.10. The minimum Gasteiger partial charge on any atom is -0.364 e. The highest BCUT2D eigenvalue weighted by Crippen LogP contribution is 2.20. The summed E-state index contributed by atoms with van der Waals surface area (Å²) < 4.78 is 0. The van der Waals surface area contributed by atoms with E-state index in [4.69, 9.17) is 5.73 Å². The number of aromatic nitrogens is 3. The van der Waals surface area contributed by atoms with Crippen LogP contribution in [0.15, 0.2) is 47.6 Å². The lowest BCUT2D eigenvalue weighted by atomic mass is 10.2. The maximum Gasteiger partial charge on any atom is 0.269 e. The zero-order valence-corrected chi connectivity index (χ0v) is 13.2. The van der Waals surface area contributed by atoms with Gasteiger partial charge in [0.05, 0.1) is 5.69 Å². The van der Waals surface area contributed by atoms with E-state index in [1.54, 1.807) is 18.2 Å². The number of rotatable bonds is 5. The summed E-state index contributed by atoms with van der Waals surface area (Å²) in [6.07, 6.45) is 6.87. The molecule has 1 aliphatic heterocycles. The van der Waals surface area contributed by atoms with E-state index in [-0.39, 0.29) is 5.69 Å². The summed E-state index contributed by atoms with van der Waals surface area (Å²) >= 11 is 0. The predicted molar refractivity (Wildman–Crippen MR) is 92.1 cm³/mol. The number of amides is 1. The van der Waals surface area contributed by atoms with Crippen molar-refractivity contribution in [1.82, 2.24) is 15.0 Å². The molecule has 122 valence electrons. The fourth-order valence-corrected chi connectivity index (χ4v) is 2.27. The van der Waals surface area contributed by atoms with E-state index in [9.17, 15) is 4.79 Å². The van der Waals surface area contributed by atoms with Crippen molar-refractivity contribution in [3.63, 3.8) is 0 Å². The van der Waals surface area contributed by atoms with E-state index < -0.39 is 5.91 Å². The van der Waals surface area contributed by atoms with Crippen molar-refractivity contribution in [2.45, 2.75) is 19.8 Å². The number of nitrogens with zero attached hydrogens (tertiary/aromatic N) is 4. The Morgan fingerprint density at radius 1 is 1.21 bits per heavy atom. The Morgan fingerprint density at radius 3 is 2.75 bits per heavy atom. The van der Waals surface area contributed by atoms with Crippen LogP contribution in [-0.4, -0.2) is 26.6 Å². The Bertz CT molecular complexity index is 829. The van der Waals surface area contributed by atoms with Gasteiger partial charge in [0.2, 0.25) is 0 Å². The van der Waals surface area contributed by atoms with Crippen molar-refractivity contribution in [2.75, 3.05) is 10.6 Å². The van der Waals surface area contributed by atoms with Crippen LogP contribution in [0.5, 0.6) is 0 Å². The van der Waals surface area contributed by atoms with Crippen LogP contribution in [0.4, 0.5) is 17.3 Å². The molecule has 0 radical (unpaired) electrons. The minimum atomic E-state index is -0.609. The number of nitrogens with two attached hydrogens (primary N) is 1. The van der Waals surface area contributed by atoms with Crippen molar-refractivity contribution < 1.29 is 4.79 Å². The quantitative estimate of drug-likeness (QED) is 0.776. The molecule has 0 aliphatic carbocycles. The summed E-state index contributed by atoms with van der Waals surface area (Å²) in [6, 6.07) is 5.14. The Labute approximate surface area is 139 Å². The summed E-state index contributed by atoms with van der Waals surface area (Å²) in [5, 5.41) is 6.18. The molecule has 0 saturated carbocycles. The number of carbonyl (C=O) groups is 1. The summed E-state index contributed by atoms with van der Waals surface area (Å²) in [4.78, 5) is 28.2. The number of aliphatic imine (C=N–C) groups is 1. The van der Waals surface area contributed by atoms with Gasteiger partial charge >= 0.3 is 0 Å². The third kappa shape index (κ3) is 3.72. The maximum atomic E-state index is 11.4. The highest BCUT2D eigenvalue weighted by molar-refractivity contribution is 5.97. The highest BCUT2D eigenvalue weighted by atomic mass is 16.1. The Balaban J connectivity index is 1.79. The van der Waals surface area contributed by atoms with Gasteiger partial charge in [-0.2, -0.15) is 0 Å². The monoisotopic (exact) mass is 323 g/mol. The van der Waals surface area contributed by atoms with E-state index in [1.807, 2.05) is 13.0 Å². The summed E-state index contributed by atoms with van der Waals surface area (Å²) in [5.41, 5.74) is 7.04. The molecule has 0 aromatic carbocycles. The maximum absolute atomic E-state index is 11.4. The number of allylic oxidation sites excluding steroid dienone is 1. The second kappa shape index (κ2) is 6.86. The van der Waals surface area contributed by atoms with Crippen LogP contribution in [0.3, 0.4) is 0 Å². The van der Waals surface area contributed by atoms with E-state index in [0.29, 0.717) is 17.3 Å². The number of pyridine rings is 1. The zero-order valence-electron chi connectivity index (χ0n) is 13.2. The number of carbonyl (C=O) groups excluding carboxylic acids is 1. The average molecular weight is 323 g/mol. The molecule has 8 nitrogen and oxygen atoms in total. The van der Waals surface area contributed by atoms with Crippen LogP contribution in [0.2, 0.25) is 0 Å². The van der Waals surface area contributed by atoms with Crippen LogP contribution >= 0.6 is 0 Å². The lowest BCUT2D eigenvalue weighted by Crippen LogP contribution is -2.15. The van der Waals surface area contributed by atoms with Gasteiger partial charge in [-0.05, 0) is 38.0 Å². The molecule has 0 atom stereocenters. The van der Waals surface area contributed by atoms with E-state index in [0.717, 1.165) is 24.4 Å². The van der Waals surface area contributed by atoms with Gasteiger partial charge in [-0.15, -0.1) is 0 Å². The molecule has 2 aromatic heterocycles. The van der Waals surface area contributed by atoms with Gasteiger partial charge in [0.25, 0.3) is 5.91 Å². The van der Waals surface area contributed by atoms with Crippen LogP contribution in [0, 0.1) is 0 Å². The van der Waals surface area contributed by atoms with Crippen LogP contribution < -0.4 is 16.4 Å². The average Bonchev–Trinajstić information content (AvgIpc) is 2.55. The molecule has 4 N–H and O–H groups in total. The molecule has 0 spiro atoms. The van der Waals surface area contributed by atoms with Gasteiger partial charge in [0.1, 0.15) is 23.8 Å². The van der Waals surface area contributed by atoms with Gasteiger partial charge < -0.3 is 16.4 Å². The summed E-state index contributed by atoms with van der Waals surface area (Å²) in [7, 11) is 0. The molecule has 24 heavy (non-hydrogen) atoms. The molecule has 0 saturated heterocycles. The van der Waals surface area contributed by atoms with Crippen molar-refractivity contribution in [1.29, 1.82) is 0 Å². The molecule has 2 aromatic rings. The first-order valence-electron chi connectivity index (χ1n) is 7.47. The van der Waals surface area contributed by atoms with Gasteiger partial charge in [-0.25, -0.2) is 19.9 Å². The number of primary amides is 1. The molecule has 1 amide bonds. The van der Waals surface area contributed by atoms with E-state index >= 15 is 0 Å². The molecule has 0 unspecified atom stereocenters. The fourth-order valence-electron chi connectivity index (χ4n) is 2.27. The van der Waals surface area contributed by atoms with E-state index in [1.165, 1.54) is 12.5 Å². The van der Waals surface area contributed by atoms with Gasteiger partial charge in [-0.1, -0.05) is 0 Å². The number of anilines is 3. The second-order valence-electron chi connectivity index (χ2n) is 5.28. The van der Waals surface area contributed by atoms with Crippen molar-refractivity contribution in [3.05, 3.63) is 48.3 Å². The second-order valence-corrected chi connectivity index (χ2v) is 5.28. The topological polar surface area (TPSA) is 118 Å². The molecular formula is C16H17N7O. The number of hydrogen-bond donors (Lipinski definition) is 3. The third-order valence-electron chi connectivity index (χ3n) is 3.38. The molecule has 3 rings (SSSR count).